The second-order valence-electron chi connectivity index (χ2n) is 2.25. The first kappa shape index (κ1) is 7.68. The van der Waals surface area contributed by atoms with Gasteiger partial charge in [0.25, 0.3) is 10.1 Å². The van der Waals surface area contributed by atoms with Crippen LogP contribution in [-0.2, 0) is 10.1 Å². The van der Waals surface area contributed by atoms with Gasteiger partial charge in [0, 0.05) is 12.8 Å². The maximum absolute atomic E-state index is 10.5. The topological polar surface area (TPSA) is 66.7 Å². The molecule has 0 saturated carbocycles. The molecule has 0 saturated heterocycles. The van der Waals surface area contributed by atoms with Crippen LogP contribution in [0.1, 0.15) is 12.8 Å². The fourth-order valence-electron chi connectivity index (χ4n) is 0.876. The fraction of sp³-hybridized carbons (Fsp3) is 0.800. The lowest BCUT2D eigenvalue weighted by Crippen LogP contribution is -2.24. The van der Waals surface area contributed by atoms with Gasteiger partial charge in [0.15, 0.2) is 0 Å². The van der Waals surface area contributed by atoms with E-state index in [1.165, 1.54) is 6.21 Å². The molecule has 5 heteroatoms. The van der Waals surface area contributed by atoms with Crippen molar-refractivity contribution in [2.24, 2.45) is 4.99 Å². The van der Waals surface area contributed by atoms with Crippen LogP contribution in [0.15, 0.2) is 4.99 Å². The van der Waals surface area contributed by atoms with Gasteiger partial charge in [-0.05, 0) is 12.8 Å². The predicted octanol–water partition coefficient (Wildman–Crippen LogP) is 0.107. The van der Waals surface area contributed by atoms with Crippen molar-refractivity contribution >= 4 is 16.3 Å². The minimum atomic E-state index is -3.88. The van der Waals surface area contributed by atoms with Crippen LogP contribution in [-0.4, -0.2) is 31.0 Å². The van der Waals surface area contributed by atoms with Crippen LogP contribution >= 0.6 is 0 Å². The zero-order chi connectivity index (χ0) is 7.61. The van der Waals surface area contributed by atoms with E-state index in [9.17, 15) is 8.42 Å². The van der Waals surface area contributed by atoms with Crippen LogP contribution in [0.25, 0.3) is 0 Å². The summed E-state index contributed by atoms with van der Waals surface area (Å²) in [5, 5.41) is -0.763. The second kappa shape index (κ2) is 2.67. The third-order valence-electron chi connectivity index (χ3n) is 1.43. The van der Waals surface area contributed by atoms with Crippen LogP contribution in [0.2, 0.25) is 0 Å². The van der Waals surface area contributed by atoms with E-state index in [2.05, 4.69) is 4.99 Å². The molecule has 0 aromatic rings. The van der Waals surface area contributed by atoms with Crippen molar-refractivity contribution in [3.05, 3.63) is 0 Å². The van der Waals surface area contributed by atoms with Gasteiger partial charge in [0.1, 0.15) is 5.25 Å². The molecule has 0 aromatic carbocycles. The Labute approximate surface area is 59.7 Å². The molecule has 1 N–H and O–H groups in total. The third kappa shape index (κ3) is 1.78. The maximum Gasteiger partial charge on any atom is 0.272 e. The van der Waals surface area contributed by atoms with Crippen molar-refractivity contribution in [3.63, 3.8) is 0 Å². The van der Waals surface area contributed by atoms with Crippen molar-refractivity contribution in [1.82, 2.24) is 0 Å². The Morgan fingerprint density at radius 1 is 1.60 bits per heavy atom. The minimum absolute atomic E-state index is 0.488. The summed E-state index contributed by atoms with van der Waals surface area (Å²) in [6.45, 7) is 0.673. The Morgan fingerprint density at radius 2 is 2.30 bits per heavy atom. The summed E-state index contributed by atoms with van der Waals surface area (Å²) in [7, 11) is -3.88. The van der Waals surface area contributed by atoms with Gasteiger partial charge in [-0.1, -0.05) is 0 Å². The van der Waals surface area contributed by atoms with Gasteiger partial charge in [0.05, 0.1) is 0 Å². The van der Waals surface area contributed by atoms with Crippen molar-refractivity contribution < 1.29 is 13.0 Å². The lowest BCUT2D eigenvalue weighted by Gasteiger charge is -2.11. The lowest BCUT2D eigenvalue weighted by molar-refractivity contribution is 0.472. The first-order chi connectivity index (χ1) is 4.61. The van der Waals surface area contributed by atoms with E-state index in [-0.39, 0.29) is 0 Å². The highest BCUT2D eigenvalue weighted by atomic mass is 32.2. The van der Waals surface area contributed by atoms with Gasteiger partial charge in [-0.25, -0.2) is 0 Å². The van der Waals surface area contributed by atoms with E-state index in [0.717, 1.165) is 6.42 Å². The number of rotatable bonds is 1. The summed E-state index contributed by atoms with van der Waals surface area (Å²) in [5.41, 5.74) is 0. The molecule has 58 valence electrons. The highest BCUT2D eigenvalue weighted by Gasteiger charge is 2.21. The van der Waals surface area contributed by atoms with Crippen LogP contribution in [0.5, 0.6) is 0 Å². The quantitative estimate of drug-likeness (QED) is 0.558. The highest BCUT2D eigenvalue weighted by Crippen LogP contribution is 2.08. The monoisotopic (exact) mass is 163 g/mol. The van der Waals surface area contributed by atoms with Crippen LogP contribution in [0.4, 0.5) is 0 Å². The van der Waals surface area contributed by atoms with Crippen molar-refractivity contribution in [1.29, 1.82) is 0 Å². The first-order valence-corrected chi connectivity index (χ1v) is 4.57. The smallest absolute Gasteiger partial charge is 0.272 e. The molecule has 10 heavy (non-hydrogen) atoms. The van der Waals surface area contributed by atoms with E-state index in [1.54, 1.807) is 0 Å². The predicted molar refractivity (Wildman–Crippen MR) is 37.9 cm³/mol. The molecule has 0 radical (unpaired) electrons. The van der Waals surface area contributed by atoms with Gasteiger partial charge in [-0.15, -0.1) is 0 Å². The van der Waals surface area contributed by atoms with Crippen LogP contribution in [0, 0.1) is 0 Å². The van der Waals surface area contributed by atoms with E-state index in [1.807, 2.05) is 0 Å². The summed E-state index contributed by atoms with van der Waals surface area (Å²) in [4.78, 5) is 3.76. The lowest BCUT2D eigenvalue weighted by atomic mass is 10.2. The zero-order valence-corrected chi connectivity index (χ0v) is 6.21. The molecule has 0 spiro atoms. The SMILES string of the molecule is O=S(=O)(O)C1C=NCCC1. The Balaban J connectivity index is 2.74. The van der Waals surface area contributed by atoms with Gasteiger partial charge in [0.2, 0.25) is 0 Å². The summed E-state index contributed by atoms with van der Waals surface area (Å²) in [6.07, 6.45) is 2.53. The summed E-state index contributed by atoms with van der Waals surface area (Å²) < 4.78 is 29.4. The average Bonchev–Trinajstić information content (AvgIpc) is 1.88. The largest absolute Gasteiger partial charge is 0.296 e. The van der Waals surface area contributed by atoms with Crippen molar-refractivity contribution in [2.45, 2.75) is 18.1 Å². The molecule has 0 aromatic heterocycles. The second-order valence-corrected chi connectivity index (χ2v) is 3.89. The third-order valence-corrected chi connectivity index (χ3v) is 2.55. The maximum atomic E-state index is 10.5. The normalized spacial score (nSPS) is 26.7. The van der Waals surface area contributed by atoms with Gasteiger partial charge in [-0.2, -0.15) is 8.42 Å². The molecule has 1 unspecified atom stereocenters. The minimum Gasteiger partial charge on any atom is -0.296 e. The fourth-order valence-corrected chi connectivity index (χ4v) is 1.58. The van der Waals surface area contributed by atoms with E-state index in [0.29, 0.717) is 13.0 Å². The number of aliphatic imine (C=N–C) groups is 1. The first-order valence-electron chi connectivity index (χ1n) is 3.07. The molecule has 0 amide bonds. The van der Waals surface area contributed by atoms with Crippen LogP contribution < -0.4 is 0 Å². The average molecular weight is 163 g/mol. The molecule has 4 nitrogen and oxygen atoms in total. The molecule has 1 aliphatic heterocycles. The Hall–Kier alpha value is -0.420. The number of nitrogens with zero attached hydrogens (tertiary/aromatic N) is 1. The standard InChI is InChI=1S/C5H9NO3S/c7-10(8,9)5-2-1-3-6-4-5/h4-5H,1-3H2,(H,7,8,9). The highest BCUT2D eigenvalue weighted by molar-refractivity contribution is 7.87. The van der Waals surface area contributed by atoms with Crippen molar-refractivity contribution in [3.8, 4) is 0 Å². The van der Waals surface area contributed by atoms with Gasteiger partial charge < -0.3 is 0 Å². The Bertz CT molecular complexity index is 231. The number of hydrogen-bond donors (Lipinski definition) is 1. The number of hydrogen-bond acceptors (Lipinski definition) is 3. The molecule has 0 fully saturated rings. The Morgan fingerprint density at radius 3 is 2.60 bits per heavy atom. The summed E-state index contributed by atoms with van der Waals surface area (Å²) in [5.74, 6) is 0. The zero-order valence-electron chi connectivity index (χ0n) is 5.40. The summed E-state index contributed by atoms with van der Waals surface area (Å²) >= 11 is 0. The molecule has 1 heterocycles. The van der Waals surface area contributed by atoms with Crippen LogP contribution in [0.3, 0.4) is 0 Å². The van der Waals surface area contributed by atoms with Gasteiger partial charge in [-0.3, -0.25) is 9.55 Å². The molecule has 0 bridgehead atoms. The molecule has 1 atom stereocenters. The van der Waals surface area contributed by atoms with E-state index < -0.39 is 15.4 Å². The van der Waals surface area contributed by atoms with E-state index in [4.69, 9.17) is 4.55 Å². The Kier molecular flexibility index (Phi) is 2.05. The molecule has 0 aliphatic carbocycles. The molecule has 1 aliphatic rings. The molecular formula is C5H9NO3S. The van der Waals surface area contributed by atoms with Gasteiger partial charge >= 0.3 is 0 Å². The van der Waals surface area contributed by atoms with Crippen molar-refractivity contribution in [2.75, 3.05) is 6.54 Å². The molecular weight excluding hydrogens is 154 g/mol. The summed E-state index contributed by atoms with van der Waals surface area (Å²) in [6, 6.07) is 0. The molecule has 1 rings (SSSR count). The van der Waals surface area contributed by atoms with E-state index >= 15 is 0 Å².